The van der Waals surface area contributed by atoms with E-state index in [2.05, 4.69) is 4.98 Å². The molecular formula is C51H52N4O9S. The van der Waals surface area contributed by atoms with Crippen LogP contribution in [0.5, 0.6) is 34.5 Å². The smallest absolute Gasteiger partial charge is 0.264 e. The Morgan fingerprint density at radius 2 is 1.05 bits per heavy atom. The summed E-state index contributed by atoms with van der Waals surface area (Å²) >= 11 is 0. The quantitative estimate of drug-likeness (QED) is 0.110. The van der Waals surface area contributed by atoms with E-state index in [1.165, 1.54) is 30.7 Å². The molecule has 13 nitrogen and oxygen atoms in total. The molecule has 0 saturated carbocycles. The number of aromatic nitrogens is 2. The summed E-state index contributed by atoms with van der Waals surface area (Å²) in [5.74, 6) is 3.10. The Morgan fingerprint density at radius 3 is 1.57 bits per heavy atom. The van der Waals surface area contributed by atoms with Gasteiger partial charge in [-0.15, -0.1) is 0 Å². The molecule has 0 bridgehead atoms. The first kappa shape index (κ1) is 45.7. The Hall–Kier alpha value is -7.32. The summed E-state index contributed by atoms with van der Waals surface area (Å²) in [5.41, 5.74) is 3.80. The fourth-order valence-corrected chi connectivity index (χ4v) is 8.58. The van der Waals surface area contributed by atoms with Crippen molar-refractivity contribution in [3.63, 3.8) is 0 Å². The van der Waals surface area contributed by atoms with Crippen molar-refractivity contribution in [2.75, 3.05) is 37.6 Å². The second-order valence-electron chi connectivity index (χ2n) is 16.1. The third kappa shape index (κ3) is 10.6. The number of carbonyl (C=O) groups excluding carboxylic acids is 1. The number of hydrogen-bond acceptors (Lipinski definition) is 11. The first-order chi connectivity index (χ1) is 31.1. The Balaban J connectivity index is 0.000000194. The predicted molar refractivity (Wildman–Crippen MR) is 252 cm³/mol. The molecule has 2 aromatic heterocycles. The number of anilines is 2. The summed E-state index contributed by atoms with van der Waals surface area (Å²) in [4.78, 5) is 24.7. The van der Waals surface area contributed by atoms with Gasteiger partial charge in [-0.1, -0.05) is 36.4 Å². The third-order valence-corrected chi connectivity index (χ3v) is 12.2. The average Bonchev–Trinajstić information content (AvgIpc) is 3.32. The lowest BCUT2D eigenvalue weighted by Crippen LogP contribution is -2.31. The Kier molecular flexibility index (Phi) is 13.5. The number of rotatable bonds is 13. The molecule has 0 radical (unpaired) electrons. The van der Waals surface area contributed by atoms with Gasteiger partial charge in [0, 0.05) is 17.3 Å². The van der Waals surface area contributed by atoms with Crippen molar-refractivity contribution in [3.8, 4) is 34.5 Å². The first-order valence-electron chi connectivity index (χ1n) is 20.8. The molecular weight excluding hydrogens is 845 g/mol. The standard InChI is InChI=1S/C26H26N2O4.C25H26N2O5S/c1-26(2)15-14-21-22(32-26)13-11-19(27-21)17-28(20-8-6-5-7-9-20)25(29)18-10-12-23(30-3)24(16-18)31-4;1-25(2)15-14-21-22(32-25)12-10-18(26-21)17-27(19-8-6-5-7-9-19)33(28,29)20-11-13-23(30-3)24(16-20)31-4/h5-16H,17H2,1-4H3;5-16H,17H2,1-4H3. The van der Waals surface area contributed by atoms with Gasteiger partial charge in [0.25, 0.3) is 15.9 Å². The molecule has 8 rings (SSSR count). The fourth-order valence-electron chi connectivity index (χ4n) is 7.13. The van der Waals surface area contributed by atoms with Crippen LogP contribution in [0, 0.1) is 0 Å². The Bertz CT molecular complexity index is 2830. The third-order valence-electron chi connectivity index (χ3n) is 10.5. The molecule has 65 heavy (non-hydrogen) atoms. The van der Waals surface area contributed by atoms with Gasteiger partial charge in [-0.2, -0.15) is 0 Å². The zero-order valence-corrected chi connectivity index (χ0v) is 38.5. The van der Waals surface area contributed by atoms with Crippen LogP contribution < -0.4 is 37.6 Å². The Morgan fingerprint density at radius 1 is 0.569 bits per heavy atom. The van der Waals surface area contributed by atoms with Crippen molar-refractivity contribution in [1.82, 2.24) is 9.97 Å². The van der Waals surface area contributed by atoms with Crippen molar-refractivity contribution in [1.29, 1.82) is 0 Å². The number of hydrogen-bond donors (Lipinski definition) is 0. The predicted octanol–water partition coefficient (Wildman–Crippen LogP) is 9.81. The van der Waals surface area contributed by atoms with Gasteiger partial charge >= 0.3 is 0 Å². The van der Waals surface area contributed by atoms with Crippen molar-refractivity contribution in [2.24, 2.45) is 0 Å². The minimum atomic E-state index is -3.94. The van der Waals surface area contributed by atoms with E-state index in [0.717, 1.165) is 22.8 Å². The van der Waals surface area contributed by atoms with E-state index in [1.54, 1.807) is 73.7 Å². The van der Waals surface area contributed by atoms with E-state index >= 15 is 0 Å². The van der Waals surface area contributed by atoms with Gasteiger partial charge in [-0.05, 0) is 131 Å². The van der Waals surface area contributed by atoms with Crippen LogP contribution in [0.1, 0.15) is 60.8 Å². The molecule has 0 spiro atoms. The minimum Gasteiger partial charge on any atom is -0.493 e. The lowest BCUT2D eigenvalue weighted by atomic mass is 10.1. The number of ether oxygens (including phenoxy) is 6. The number of nitrogens with zero attached hydrogens (tertiary/aromatic N) is 4. The zero-order valence-electron chi connectivity index (χ0n) is 37.6. The van der Waals surface area contributed by atoms with Crippen LogP contribution in [0.3, 0.4) is 0 Å². The van der Waals surface area contributed by atoms with E-state index in [-0.39, 0.29) is 22.9 Å². The number of benzene rings is 4. The zero-order chi connectivity index (χ0) is 46.4. The van der Waals surface area contributed by atoms with E-state index in [1.807, 2.05) is 107 Å². The molecule has 4 heterocycles. The summed E-state index contributed by atoms with van der Waals surface area (Å²) in [5, 5.41) is 0. The summed E-state index contributed by atoms with van der Waals surface area (Å²) < 4.78 is 62.0. The Labute approximate surface area is 380 Å². The van der Waals surface area contributed by atoms with Crippen LogP contribution in [0.15, 0.2) is 138 Å². The number of para-hydroxylation sites is 2. The maximum Gasteiger partial charge on any atom is 0.264 e. The number of methoxy groups -OCH3 is 4. The highest BCUT2D eigenvalue weighted by Crippen LogP contribution is 2.35. The molecule has 0 unspecified atom stereocenters. The van der Waals surface area contributed by atoms with Crippen LogP contribution in [0.25, 0.3) is 12.2 Å². The van der Waals surface area contributed by atoms with Crippen LogP contribution in [-0.2, 0) is 23.1 Å². The number of amides is 1. The highest BCUT2D eigenvalue weighted by atomic mass is 32.2. The summed E-state index contributed by atoms with van der Waals surface area (Å²) in [7, 11) is 2.15. The fraction of sp³-hybridized carbons (Fsp3) is 0.235. The van der Waals surface area contributed by atoms with Crippen molar-refractivity contribution < 1.29 is 41.6 Å². The summed E-state index contributed by atoms with van der Waals surface area (Å²) in [6.45, 7) is 8.28. The topological polar surface area (TPSA) is 139 Å². The van der Waals surface area contributed by atoms with Gasteiger partial charge < -0.3 is 33.3 Å². The number of sulfonamides is 1. The largest absolute Gasteiger partial charge is 0.493 e. The molecule has 0 saturated heterocycles. The molecule has 4 aromatic carbocycles. The molecule has 0 fully saturated rings. The maximum atomic E-state index is 13.7. The van der Waals surface area contributed by atoms with Crippen LogP contribution in [-0.4, -0.2) is 63.9 Å². The lowest BCUT2D eigenvalue weighted by Gasteiger charge is -2.28. The van der Waals surface area contributed by atoms with Crippen LogP contribution >= 0.6 is 0 Å². The molecule has 2 aliphatic rings. The second kappa shape index (κ2) is 19.2. The summed E-state index contributed by atoms with van der Waals surface area (Å²) in [6.07, 6.45) is 7.78. The molecule has 14 heteroatoms. The van der Waals surface area contributed by atoms with Gasteiger partial charge in [0.15, 0.2) is 23.0 Å². The lowest BCUT2D eigenvalue weighted by molar-refractivity contribution is 0.0984. The highest BCUT2D eigenvalue weighted by molar-refractivity contribution is 7.92. The maximum absolute atomic E-state index is 13.7. The SMILES string of the molecule is COc1ccc(C(=O)N(Cc2ccc3c(n2)C=CC(C)(C)O3)c2ccccc2)cc1OC.COc1ccc(S(=O)(=O)N(Cc2ccc3c(n2)C=CC(C)(C)O3)c2ccccc2)cc1OC. The van der Waals surface area contributed by atoms with Gasteiger partial charge in [0.05, 0.1) is 63.5 Å². The normalized spacial score (nSPS) is 13.9. The van der Waals surface area contributed by atoms with Gasteiger partial charge in [-0.3, -0.25) is 9.10 Å². The van der Waals surface area contributed by atoms with E-state index < -0.39 is 15.6 Å². The molecule has 2 aliphatic heterocycles. The molecule has 0 aliphatic carbocycles. The van der Waals surface area contributed by atoms with Gasteiger partial charge in [0.1, 0.15) is 34.1 Å². The van der Waals surface area contributed by atoms with Crippen LogP contribution in [0.4, 0.5) is 11.4 Å². The van der Waals surface area contributed by atoms with Gasteiger partial charge in [0.2, 0.25) is 0 Å². The minimum absolute atomic E-state index is 0.0468. The first-order valence-corrected chi connectivity index (χ1v) is 22.2. The van der Waals surface area contributed by atoms with Gasteiger partial charge in [-0.25, -0.2) is 18.4 Å². The van der Waals surface area contributed by atoms with Crippen LogP contribution in [0.2, 0.25) is 0 Å². The molecule has 0 N–H and O–H groups in total. The summed E-state index contributed by atoms with van der Waals surface area (Å²) in [6, 6.07) is 35.6. The van der Waals surface area contributed by atoms with E-state index in [9.17, 15) is 13.2 Å². The van der Waals surface area contributed by atoms with Crippen molar-refractivity contribution in [2.45, 2.75) is 56.9 Å². The second-order valence-corrected chi connectivity index (χ2v) is 18.0. The molecule has 0 atom stereocenters. The molecule has 336 valence electrons. The molecule has 6 aromatic rings. The van der Waals surface area contributed by atoms with Crippen molar-refractivity contribution in [3.05, 3.63) is 162 Å². The average molecular weight is 897 g/mol. The van der Waals surface area contributed by atoms with Crippen molar-refractivity contribution >= 4 is 39.5 Å². The van der Waals surface area contributed by atoms with E-state index in [0.29, 0.717) is 57.9 Å². The molecule has 1 amide bonds. The van der Waals surface area contributed by atoms with E-state index in [4.69, 9.17) is 33.4 Å². The monoisotopic (exact) mass is 896 g/mol. The number of carbonyl (C=O) groups is 1. The number of fused-ring (bicyclic) bond motifs is 2. The number of pyridine rings is 2. The highest BCUT2D eigenvalue weighted by Gasteiger charge is 2.29.